The highest BCUT2D eigenvalue weighted by Gasteiger charge is 2.45. The molecule has 0 fully saturated rings. The summed E-state index contributed by atoms with van der Waals surface area (Å²) in [7, 11) is -7.27. The van der Waals surface area contributed by atoms with Crippen molar-refractivity contribution in [1.29, 1.82) is 0 Å². The van der Waals surface area contributed by atoms with Crippen molar-refractivity contribution < 1.29 is 155 Å². The summed E-state index contributed by atoms with van der Waals surface area (Å²) in [4.78, 5) is 137. The van der Waals surface area contributed by atoms with E-state index in [4.69, 9.17) is 56.2 Å². The number of benzene rings is 6. The number of carboxylic acid groups (broad SMARTS) is 6. The first-order valence-corrected chi connectivity index (χ1v) is 41.1. The minimum absolute atomic E-state index is 0.00547. The largest absolute Gasteiger partial charge is 0.535 e. The second-order valence-electron chi connectivity index (χ2n) is 31.3. The molecule has 0 saturated carbocycles. The van der Waals surface area contributed by atoms with E-state index in [0.29, 0.717) is 97.0 Å². The van der Waals surface area contributed by atoms with Gasteiger partial charge in [0.1, 0.15) is 114 Å². The third-order valence-electron chi connectivity index (χ3n) is 22.0. The fourth-order valence-electron chi connectivity index (χ4n) is 15.1. The summed E-state index contributed by atoms with van der Waals surface area (Å²) in [5, 5.41) is 116. The zero-order chi connectivity index (χ0) is 92.6. The van der Waals surface area contributed by atoms with E-state index < -0.39 is 108 Å². The van der Waals surface area contributed by atoms with E-state index in [1.54, 1.807) is 61.5 Å². The number of hydrogen-bond donors (Lipinski definition) is 12. The minimum Gasteiger partial charge on any atom is -0.535 e. The lowest BCUT2D eigenvalue weighted by atomic mass is 9.64. The number of aromatic carboxylic acids is 6. The van der Waals surface area contributed by atoms with E-state index in [2.05, 4.69) is 0 Å². The molecule has 0 amide bonds. The molecule has 6 aliphatic heterocycles. The Bertz CT molecular complexity index is 4810. The predicted octanol–water partition coefficient (Wildman–Crippen LogP) is 12.7. The van der Waals surface area contributed by atoms with Gasteiger partial charge in [-0.05, 0) is 160 Å². The molecule has 30 nitrogen and oxygen atoms in total. The number of fused-ring (bicyclic) bond motifs is 6. The summed E-state index contributed by atoms with van der Waals surface area (Å²) in [6.45, 7) is 20.4. The van der Waals surface area contributed by atoms with Crippen LogP contribution in [-0.4, -0.2) is 174 Å². The molecule has 660 valence electrons. The Morgan fingerprint density at radius 3 is 0.903 bits per heavy atom. The Balaban J connectivity index is 0.000000204. The van der Waals surface area contributed by atoms with Gasteiger partial charge in [-0.25, -0.2) is 37.5 Å². The summed E-state index contributed by atoms with van der Waals surface area (Å²) in [5.74, 6) is -10.1. The van der Waals surface area contributed by atoms with Crippen molar-refractivity contribution in [3.63, 3.8) is 0 Å². The quantitative estimate of drug-likeness (QED) is 0.0250. The van der Waals surface area contributed by atoms with Gasteiger partial charge < -0.3 is 88.7 Å². The number of halogens is 4. The molecule has 12 rings (SSSR count). The normalized spacial score (nSPS) is 17.2. The topological polar surface area (TPSA) is 503 Å². The molecule has 6 atom stereocenters. The molecule has 40 heteroatoms. The van der Waals surface area contributed by atoms with Crippen molar-refractivity contribution in [2.75, 3.05) is 0 Å². The van der Waals surface area contributed by atoms with Gasteiger partial charge in [0.2, 0.25) is 0 Å². The van der Waals surface area contributed by atoms with Crippen LogP contribution in [0.25, 0.3) is 0 Å². The van der Waals surface area contributed by atoms with Crippen LogP contribution in [0, 0.1) is 53.2 Å². The van der Waals surface area contributed by atoms with Gasteiger partial charge >= 0.3 is 78.5 Å². The zero-order valence-corrected chi connectivity index (χ0v) is 72.0. The average molecular weight is 1760 g/mol. The highest BCUT2D eigenvalue weighted by atomic mass is 35.5. The Morgan fingerprint density at radius 2 is 0.581 bits per heavy atom. The molecule has 12 N–H and O–H groups in total. The van der Waals surface area contributed by atoms with Gasteiger partial charge in [0.25, 0.3) is 0 Å². The molecule has 124 heavy (non-hydrogen) atoms. The maximum absolute atomic E-state index is 14.2. The molecule has 0 saturated heterocycles. The van der Waals surface area contributed by atoms with Crippen molar-refractivity contribution in [2.45, 2.75) is 234 Å². The summed E-state index contributed by atoms with van der Waals surface area (Å²) < 4.78 is 59.9. The van der Waals surface area contributed by atoms with Crippen LogP contribution >= 0.6 is 23.2 Å². The van der Waals surface area contributed by atoms with Gasteiger partial charge in [0.15, 0.2) is 0 Å². The Labute approximate surface area is 726 Å². The number of hydrogen-bond acceptors (Lipinski definition) is 24. The molecule has 0 bridgehead atoms. The lowest BCUT2D eigenvalue weighted by Crippen LogP contribution is -2.36. The Kier molecular flexibility index (Phi) is 36.1. The highest BCUT2D eigenvalue weighted by Crippen LogP contribution is 2.47. The zero-order valence-electron chi connectivity index (χ0n) is 70.5. The van der Waals surface area contributed by atoms with Crippen molar-refractivity contribution >= 4 is 136 Å². The number of ketones is 6. The first-order valence-electron chi connectivity index (χ1n) is 40.4. The molecular formula is C84H98B6Cl2F2O30. The van der Waals surface area contributed by atoms with Crippen LogP contribution < -0.4 is 27.9 Å². The van der Waals surface area contributed by atoms with Crippen LogP contribution in [0.15, 0.2) is 48.5 Å². The smallest absolute Gasteiger partial charge is 0.526 e. The first-order chi connectivity index (χ1) is 58.2. The van der Waals surface area contributed by atoms with Gasteiger partial charge in [0.05, 0.1) is 10.0 Å². The number of aryl methyl sites for hydroxylation is 5. The van der Waals surface area contributed by atoms with Gasteiger partial charge in [0, 0.05) is 129 Å². The minimum atomic E-state index is -1.31. The monoisotopic (exact) mass is 1760 g/mol. The van der Waals surface area contributed by atoms with E-state index in [9.17, 15) is 122 Å². The standard InChI is InChI=1S/2C14H16BClO5.2C14H16BFO5.2C14H17BO5/c1-3-9(17)5-8-6-10-12(16)7(2)4-11(14(18)19)13(10)21-15(8)20;1-3-10(17)6-9-5-8-4-7(2)12(16)11(14(18)19)13(8)21-15(9)20;1-3-10(17)6-9-4-8-5-11(16)7(2)12(14(18)19)13(8)21-15(9)20;1-3-9(17)5-8-6-10-12(16)7(2)4-11(14(18)19)13(10)21-15(8)20;2*1-3-11(16)7-10-6-9-4-8(2)5-12(14(17)18)13(9)20-15(10)19/h4,8,20H,3,5-6H2,1-2H3,(H,18,19);4,9,20H,3,5-6H2,1-2H3,(H,18,19);5,9,20H,3-4,6H2,1-2H3,(H,18,19);4,8,20H,3,5-6H2,1-2H3,(H,18,19);2*4-5,10,19H,3,6-7H2,1-2H3,(H,17,18)/t8-;2*9-;8-;2*10-/m011011/s1. The van der Waals surface area contributed by atoms with Crippen LogP contribution in [0.2, 0.25) is 44.9 Å². The van der Waals surface area contributed by atoms with Crippen LogP contribution in [0.3, 0.4) is 0 Å². The first kappa shape index (κ1) is 101. The van der Waals surface area contributed by atoms with E-state index in [1.807, 2.05) is 26.0 Å². The van der Waals surface area contributed by atoms with Crippen LogP contribution in [0.4, 0.5) is 8.78 Å². The lowest BCUT2D eigenvalue weighted by Gasteiger charge is -2.29. The van der Waals surface area contributed by atoms with Gasteiger partial charge in [-0.15, -0.1) is 0 Å². The maximum atomic E-state index is 14.2. The molecule has 0 aromatic heterocycles. The molecule has 6 aromatic carbocycles. The summed E-state index contributed by atoms with van der Waals surface area (Å²) in [6, 6.07) is 12.3. The SMILES string of the molecule is CCC(=O)C[C@H]1Cc2c(Cl)c(C)cc(C(=O)O)c2OB1O.CCC(=O)C[C@H]1Cc2c(F)c(C)cc(C(=O)O)c2OB1O.CCC(=O)C[C@H]1Cc2cc(C)c(Cl)c(C(=O)O)c2OB1O.CCC(=O)C[C@H]1Cc2cc(C)cc(C(=O)O)c2OB1O.CCC(=O)C[C@H]1Cc2cc(C)cc(C(=O)O)c2OB1O.CCC(=O)C[C@H]1Cc2cc(F)c(C)c(C(=O)O)c2OB1O. The highest BCUT2D eigenvalue weighted by molar-refractivity contribution is 6.49. The average Bonchev–Trinajstić information content (AvgIpc) is 0.893. The number of Topliss-reactive ketones (excluding diaryl/α,β-unsaturated/α-hetero) is 6. The molecule has 0 spiro atoms. The van der Waals surface area contributed by atoms with Gasteiger partial charge in [-0.2, -0.15) is 0 Å². The van der Waals surface area contributed by atoms with Crippen molar-refractivity contribution in [2.24, 2.45) is 0 Å². The molecule has 6 aromatic rings. The molecule has 6 heterocycles. The van der Waals surface area contributed by atoms with E-state index in [-0.39, 0.29) is 193 Å². The van der Waals surface area contributed by atoms with Crippen LogP contribution in [0.5, 0.6) is 34.5 Å². The van der Waals surface area contributed by atoms with Gasteiger partial charge in [-0.3, -0.25) is 28.8 Å². The number of carbonyl (C=O) groups is 12. The molecule has 0 unspecified atom stereocenters. The predicted molar refractivity (Wildman–Crippen MR) is 455 cm³/mol. The third-order valence-corrected chi connectivity index (χ3v) is 23.0. The van der Waals surface area contributed by atoms with Gasteiger partial charge in [-0.1, -0.05) is 82.9 Å². The van der Waals surface area contributed by atoms with Crippen molar-refractivity contribution in [3.8, 4) is 34.5 Å². The summed E-state index contributed by atoms with van der Waals surface area (Å²) in [6.07, 6.45) is 5.27. The Hall–Kier alpha value is -10.5. The molecular weight excluding hydrogens is 1660 g/mol. The molecule has 0 aliphatic carbocycles. The van der Waals surface area contributed by atoms with E-state index in [1.165, 1.54) is 44.2 Å². The number of carboxylic acids is 6. The lowest BCUT2D eigenvalue weighted by molar-refractivity contribution is -0.119. The van der Waals surface area contributed by atoms with E-state index in [0.717, 1.165) is 22.3 Å². The second kappa shape index (κ2) is 44.4. The summed E-state index contributed by atoms with van der Waals surface area (Å²) in [5.41, 5.74) is 5.75. The number of rotatable bonds is 24. The fourth-order valence-corrected chi connectivity index (χ4v) is 15.5. The molecule has 6 aliphatic rings. The third kappa shape index (κ3) is 25.0. The Morgan fingerprint density at radius 1 is 0.323 bits per heavy atom. The van der Waals surface area contributed by atoms with Crippen LogP contribution in [0.1, 0.15) is 248 Å². The van der Waals surface area contributed by atoms with Crippen LogP contribution in [-0.2, 0) is 67.3 Å². The molecule has 0 radical (unpaired) electrons. The maximum Gasteiger partial charge on any atom is 0.526 e. The summed E-state index contributed by atoms with van der Waals surface area (Å²) >= 11 is 12.3. The van der Waals surface area contributed by atoms with Crippen molar-refractivity contribution in [3.05, 3.63) is 170 Å². The number of carbonyl (C=O) groups excluding carboxylic acids is 6. The fraction of sp³-hybridized carbons (Fsp3) is 0.429. The second-order valence-corrected chi connectivity index (χ2v) is 32.0. The van der Waals surface area contributed by atoms with Crippen molar-refractivity contribution in [1.82, 2.24) is 0 Å². The van der Waals surface area contributed by atoms with E-state index >= 15 is 0 Å².